The Morgan fingerprint density at radius 1 is 1.33 bits per heavy atom. The van der Waals surface area contributed by atoms with E-state index < -0.39 is 22.0 Å². The molecule has 1 aliphatic heterocycles. The molecule has 1 aliphatic carbocycles. The normalized spacial score (nSPS) is 27.7. The Morgan fingerprint density at radius 2 is 2.04 bits per heavy atom. The maximum atomic E-state index is 13.2. The molecule has 132 valence electrons. The molecule has 1 aromatic rings. The molecule has 0 radical (unpaired) electrons. The van der Waals surface area contributed by atoms with Gasteiger partial charge in [-0.15, -0.1) is 0 Å². The van der Waals surface area contributed by atoms with E-state index in [4.69, 9.17) is 22.1 Å². The number of benzene rings is 1. The zero-order valence-electron chi connectivity index (χ0n) is 13.4. The van der Waals surface area contributed by atoms with Crippen LogP contribution in [0.15, 0.2) is 23.1 Å². The fourth-order valence-corrected chi connectivity index (χ4v) is 6.17. The van der Waals surface area contributed by atoms with E-state index in [0.29, 0.717) is 12.2 Å². The number of amides is 1. The monoisotopic (exact) mass is 372 g/mol. The van der Waals surface area contributed by atoms with Crippen molar-refractivity contribution < 1.29 is 17.9 Å². The fourth-order valence-electron chi connectivity index (χ4n) is 3.94. The van der Waals surface area contributed by atoms with Gasteiger partial charge in [-0.1, -0.05) is 24.4 Å². The summed E-state index contributed by atoms with van der Waals surface area (Å²) in [6, 6.07) is 3.38. The predicted octanol–water partition coefficient (Wildman–Crippen LogP) is 2.16. The summed E-state index contributed by atoms with van der Waals surface area (Å²) in [5, 5.41) is 0.216. The molecule has 1 heterocycles. The van der Waals surface area contributed by atoms with Crippen molar-refractivity contribution in [2.75, 3.05) is 7.11 Å². The minimum absolute atomic E-state index is 0.0609. The lowest BCUT2D eigenvalue weighted by molar-refractivity contribution is -0.121. The first-order valence-corrected chi connectivity index (χ1v) is 9.84. The standard InChI is InChI=1S/C16H21ClN2O4S/c1-23-15-7-6-11(9-12(15)17)24(21,22)19-13-5-3-2-4-10(13)8-14(19)16(18)20/h6-7,9-10,13-14H,2-5,8H2,1H3,(H2,18,20)/t10-,13+,14-/m0/s1. The zero-order chi connectivity index (χ0) is 17.5. The lowest BCUT2D eigenvalue weighted by Gasteiger charge is -2.32. The third kappa shape index (κ3) is 2.89. The highest BCUT2D eigenvalue weighted by Gasteiger charge is 2.50. The van der Waals surface area contributed by atoms with Crippen molar-refractivity contribution in [3.05, 3.63) is 23.2 Å². The molecule has 2 fully saturated rings. The average molecular weight is 373 g/mol. The van der Waals surface area contributed by atoms with Crippen molar-refractivity contribution in [1.29, 1.82) is 0 Å². The smallest absolute Gasteiger partial charge is 0.244 e. The zero-order valence-corrected chi connectivity index (χ0v) is 15.0. The van der Waals surface area contributed by atoms with Crippen molar-refractivity contribution in [2.45, 2.75) is 49.1 Å². The number of methoxy groups -OCH3 is 1. The first-order valence-electron chi connectivity index (χ1n) is 8.02. The highest BCUT2D eigenvalue weighted by molar-refractivity contribution is 7.89. The van der Waals surface area contributed by atoms with E-state index in [0.717, 1.165) is 25.7 Å². The van der Waals surface area contributed by atoms with Gasteiger partial charge < -0.3 is 10.5 Å². The van der Waals surface area contributed by atoms with Crippen LogP contribution in [0.25, 0.3) is 0 Å². The van der Waals surface area contributed by atoms with Gasteiger partial charge in [-0.05, 0) is 43.4 Å². The first kappa shape index (κ1) is 17.5. The van der Waals surface area contributed by atoms with Gasteiger partial charge in [0.1, 0.15) is 11.8 Å². The number of rotatable bonds is 4. The molecule has 1 aromatic carbocycles. The van der Waals surface area contributed by atoms with Crippen LogP contribution in [-0.4, -0.2) is 37.8 Å². The van der Waals surface area contributed by atoms with Crippen molar-refractivity contribution in [1.82, 2.24) is 4.31 Å². The van der Waals surface area contributed by atoms with Crippen LogP contribution < -0.4 is 10.5 Å². The molecule has 8 heteroatoms. The molecule has 2 aliphatic rings. The van der Waals surface area contributed by atoms with E-state index in [9.17, 15) is 13.2 Å². The predicted molar refractivity (Wildman–Crippen MR) is 90.4 cm³/mol. The number of hydrogen-bond acceptors (Lipinski definition) is 4. The number of hydrogen-bond donors (Lipinski definition) is 1. The Balaban J connectivity index is 2.02. The number of ether oxygens (including phenoxy) is 1. The second-order valence-electron chi connectivity index (χ2n) is 6.40. The fraction of sp³-hybridized carbons (Fsp3) is 0.562. The lowest BCUT2D eigenvalue weighted by Crippen LogP contribution is -2.48. The summed E-state index contributed by atoms with van der Waals surface area (Å²) in [4.78, 5) is 11.9. The number of nitrogens with zero attached hydrogens (tertiary/aromatic N) is 1. The second-order valence-corrected chi connectivity index (χ2v) is 8.65. The highest BCUT2D eigenvalue weighted by atomic mass is 35.5. The van der Waals surface area contributed by atoms with Gasteiger partial charge in [-0.2, -0.15) is 4.31 Å². The lowest BCUT2D eigenvalue weighted by atomic mass is 9.85. The van der Waals surface area contributed by atoms with Crippen LogP contribution in [0.4, 0.5) is 0 Å². The molecule has 6 nitrogen and oxygen atoms in total. The van der Waals surface area contributed by atoms with E-state index in [1.165, 1.54) is 29.6 Å². The van der Waals surface area contributed by atoms with E-state index >= 15 is 0 Å². The van der Waals surface area contributed by atoms with Crippen LogP contribution in [0.1, 0.15) is 32.1 Å². The minimum Gasteiger partial charge on any atom is -0.495 e. The van der Waals surface area contributed by atoms with Crippen LogP contribution in [0.2, 0.25) is 5.02 Å². The average Bonchev–Trinajstić information content (AvgIpc) is 2.95. The summed E-state index contributed by atoms with van der Waals surface area (Å²) in [7, 11) is -2.39. The number of fused-ring (bicyclic) bond motifs is 1. The number of carbonyl (C=O) groups excluding carboxylic acids is 1. The summed E-state index contributed by atoms with van der Waals surface area (Å²) in [5.74, 6) is 0.00589. The summed E-state index contributed by atoms with van der Waals surface area (Å²) in [5.41, 5.74) is 5.50. The Hall–Kier alpha value is -1.31. The van der Waals surface area contributed by atoms with E-state index in [1.54, 1.807) is 0 Å². The molecule has 2 N–H and O–H groups in total. The maximum absolute atomic E-state index is 13.2. The number of halogens is 1. The van der Waals surface area contributed by atoms with Gasteiger partial charge in [-0.25, -0.2) is 8.42 Å². The molecule has 1 saturated carbocycles. The molecule has 3 atom stereocenters. The molecule has 0 aromatic heterocycles. The largest absolute Gasteiger partial charge is 0.495 e. The van der Waals surface area contributed by atoms with Crippen LogP contribution in [0, 0.1) is 5.92 Å². The van der Waals surface area contributed by atoms with Gasteiger partial charge in [0.05, 0.1) is 17.0 Å². The Labute approximate surface area is 147 Å². The minimum atomic E-state index is -3.86. The third-order valence-electron chi connectivity index (χ3n) is 5.06. The van der Waals surface area contributed by atoms with Crippen molar-refractivity contribution >= 4 is 27.5 Å². The highest BCUT2D eigenvalue weighted by Crippen LogP contribution is 2.43. The molecular formula is C16H21ClN2O4S. The number of sulfonamides is 1. The van der Waals surface area contributed by atoms with Crippen LogP contribution in [-0.2, 0) is 14.8 Å². The first-order chi connectivity index (χ1) is 11.4. The number of carbonyl (C=O) groups is 1. The number of primary amides is 1. The molecule has 0 unspecified atom stereocenters. The Bertz CT molecular complexity index is 752. The summed E-state index contributed by atoms with van der Waals surface area (Å²) < 4.78 is 32.7. The number of nitrogens with two attached hydrogens (primary N) is 1. The van der Waals surface area contributed by atoms with Gasteiger partial charge in [0.25, 0.3) is 0 Å². The van der Waals surface area contributed by atoms with E-state index in [2.05, 4.69) is 0 Å². The van der Waals surface area contributed by atoms with Gasteiger partial charge in [0.2, 0.25) is 15.9 Å². The molecule has 24 heavy (non-hydrogen) atoms. The topological polar surface area (TPSA) is 89.7 Å². The second kappa shape index (κ2) is 6.54. The van der Waals surface area contributed by atoms with Crippen LogP contribution in [0.3, 0.4) is 0 Å². The molecular weight excluding hydrogens is 352 g/mol. The van der Waals surface area contributed by atoms with E-state index in [-0.39, 0.29) is 21.9 Å². The van der Waals surface area contributed by atoms with Gasteiger partial charge in [0.15, 0.2) is 0 Å². The van der Waals surface area contributed by atoms with Gasteiger partial charge in [0, 0.05) is 6.04 Å². The van der Waals surface area contributed by atoms with Crippen molar-refractivity contribution in [3.63, 3.8) is 0 Å². The van der Waals surface area contributed by atoms with Gasteiger partial charge >= 0.3 is 0 Å². The van der Waals surface area contributed by atoms with Crippen LogP contribution >= 0.6 is 11.6 Å². The summed E-state index contributed by atoms with van der Waals surface area (Å²) in [6.45, 7) is 0. The Morgan fingerprint density at radius 3 is 2.67 bits per heavy atom. The van der Waals surface area contributed by atoms with Crippen molar-refractivity contribution in [2.24, 2.45) is 11.7 Å². The molecule has 3 rings (SSSR count). The quantitative estimate of drug-likeness (QED) is 0.876. The maximum Gasteiger partial charge on any atom is 0.244 e. The SMILES string of the molecule is COc1ccc(S(=O)(=O)N2[C@@H]3CCCC[C@H]3C[C@H]2C(N)=O)cc1Cl. The van der Waals surface area contributed by atoms with Crippen molar-refractivity contribution in [3.8, 4) is 5.75 Å². The Kier molecular flexibility index (Phi) is 4.77. The van der Waals surface area contributed by atoms with E-state index in [1.807, 2.05) is 0 Å². The molecule has 0 spiro atoms. The molecule has 1 amide bonds. The van der Waals surface area contributed by atoms with Crippen LogP contribution in [0.5, 0.6) is 5.75 Å². The third-order valence-corrected chi connectivity index (χ3v) is 7.28. The van der Waals surface area contributed by atoms with Gasteiger partial charge in [-0.3, -0.25) is 4.79 Å². The summed E-state index contributed by atoms with van der Waals surface area (Å²) >= 11 is 6.08. The molecule has 0 bridgehead atoms. The molecule has 1 saturated heterocycles. The summed E-state index contributed by atoms with van der Waals surface area (Å²) in [6.07, 6.45) is 4.22.